The zero-order valence-corrected chi connectivity index (χ0v) is 16.3. The summed E-state index contributed by atoms with van der Waals surface area (Å²) in [6.07, 6.45) is 5.35. The molecule has 28 heavy (non-hydrogen) atoms. The minimum atomic E-state index is -0.118. The van der Waals surface area contributed by atoms with E-state index in [1.165, 1.54) is 6.33 Å². The fourth-order valence-corrected chi connectivity index (χ4v) is 3.81. The maximum absolute atomic E-state index is 13.1. The molecule has 0 bridgehead atoms. The SMILES string of the molecule is Cc1c(C(=O)N(C)[C@@H](C)c2ccc(-n3cncn3)cc2)[nH]c2c1C(=O)CCC2. The number of aromatic amines is 1. The number of carbonyl (C=O) groups is 2. The predicted molar refractivity (Wildman–Crippen MR) is 105 cm³/mol. The van der Waals surface area contributed by atoms with E-state index in [1.807, 2.05) is 38.1 Å². The quantitative estimate of drug-likeness (QED) is 0.756. The fourth-order valence-electron chi connectivity index (χ4n) is 3.81. The third-order valence-electron chi connectivity index (χ3n) is 5.61. The first-order valence-electron chi connectivity index (χ1n) is 9.44. The number of H-pyrrole nitrogens is 1. The van der Waals surface area contributed by atoms with Crippen molar-refractivity contribution in [2.45, 2.75) is 39.2 Å². The van der Waals surface area contributed by atoms with Gasteiger partial charge in [0.2, 0.25) is 0 Å². The summed E-state index contributed by atoms with van der Waals surface area (Å²) < 4.78 is 1.69. The van der Waals surface area contributed by atoms with Crippen LogP contribution in [0, 0.1) is 6.92 Å². The lowest BCUT2D eigenvalue weighted by molar-refractivity contribution is 0.0736. The van der Waals surface area contributed by atoms with E-state index in [2.05, 4.69) is 15.1 Å². The number of aromatic nitrogens is 4. The molecule has 1 atom stereocenters. The van der Waals surface area contributed by atoms with Gasteiger partial charge in [0.05, 0.1) is 11.7 Å². The Hall–Kier alpha value is -3.22. The van der Waals surface area contributed by atoms with Crippen molar-refractivity contribution in [3.05, 3.63) is 65.0 Å². The second-order valence-electron chi connectivity index (χ2n) is 7.28. The first-order chi connectivity index (χ1) is 13.5. The molecule has 1 aliphatic carbocycles. The molecule has 1 N–H and O–H groups in total. The molecule has 2 aromatic heterocycles. The van der Waals surface area contributed by atoms with Crippen molar-refractivity contribution >= 4 is 11.7 Å². The van der Waals surface area contributed by atoms with E-state index in [9.17, 15) is 9.59 Å². The summed E-state index contributed by atoms with van der Waals surface area (Å²) >= 11 is 0. The molecule has 0 fully saturated rings. The van der Waals surface area contributed by atoms with Gasteiger partial charge in [-0.05, 0) is 49.9 Å². The Morgan fingerprint density at radius 1 is 1.25 bits per heavy atom. The van der Waals surface area contributed by atoms with Gasteiger partial charge in [-0.3, -0.25) is 9.59 Å². The Labute approximate surface area is 163 Å². The lowest BCUT2D eigenvalue weighted by Crippen LogP contribution is -2.30. The highest BCUT2D eigenvalue weighted by molar-refractivity contribution is 6.04. The van der Waals surface area contributed by atoms with E-state index in [4.69, 9.17) is 0 Å². The molecule has 1 aromatic carbocycles. The van der Waals surface area contributed by atoms with Crippen LogP contribution in [-0.2, 0) is 6.42 Å². The normalized spacial score (nSPS) is 14.6. The molecule has 7 nitrogen and oxygen atoms in total. The molecule has 0 radical (unpaired) electrons. The Morgan fingerprint density at radius 2 is 2.00 bits per heavy atom. The van der Waals surface area contributed by atoms with E-state index in [0.717, 1.165) is 35.3 Å². The van der Waals surface area contributed by atoms with Crippen LogP contribution < -0.4 is 0 Å². The third kappa shape index (κ3) is 3.02. The van der Waals surface area contributed by atoms with Crippen LogP contribution in [0.4, 0.5) is 0 Å². The number of nitrogens with zero attached hydrogens (tertiary/aromatic N) is 4. The van der Waals surface area contributed by atoms with Crippen LogP contribution in [0.1, 0.15) is 63.5 Å². The van der Waals surface area contributed by atoms with Gasteiger partial charge < -0.3 is 9.88 Å². The van der Waals surface area contributed by atoms with Gasteiger partial charge in [0.1, 0.15) is 18.3 Å². The fraction of sp³-hybridized carbons (Fsp3) is 0.333. The molecule has 1 amide bonds. The van der Waals surface area contributed by atoms with E-state index in [-0.39, 0.29) is 17.7 Å². The largest absolute Gasteiger partial charge is 0.354 e. The van der Waals surface area contributed by atoms with E-state index in [1.54, 1.807) is 23.0 Å². The number of aryl methyl sites for hydroxylation is 1. The lowest BCUT2D eigenvalue weighted by Gasteiger charge is -2.25. The van der Waals surface area contributed by atoms with Crippen LogP contribution in [-0.4, -0.2) is 43.4 Å². The van der Waals surface area contributed by atoms with Crippen molar-refractivity contribution in [3.63, 3.8) is 0 Å². The van der Waals surface area contributed by atoms with Crippen molar-refractivity contribution in [1.29, 1.82) is 0 Å². The van der Waals surface area contributed by atoms with Gasteiger partial charge in [0.25, 0.3) is 5.91 Å². The minimum Gasteiger partial charge on any atom is -0.354 e. The molecule has 0 saturated heterocycles. The van der Waals surface area contributed by atoms with E-state index < -0.39 is 0 Å². The van der Waals surface area contributed by atoms with Gasteiger partial charge in [0, 0.05) is 24.7 Å². The Morgan fingerprint density at radius 3 is 2.64 bits per heavy atom. The van der Waals surface area contributed by atoms with Gasteiger partial charge in [-0.15, -0.1) is 0 Å². The number of fused-ring (bicyclic) bond motifs is 1. The number of ketones is 1. The second-order valence-corrected chi connectivity index (χ2v) is 7.28. The average Bonchev–Trinajstić information content (AvgIpc) is 3.35. The van der Waals surface area contributed by atoms with Crippen molar-refractivity contribution < 1.29 is 9.59 Å². The molecular formula is C21H23N5O2. The molecule has 2 heterocycles. The molecule has 4 rings (SSSR count). The van der Waals surface area contributed by atoms with E-state index >= 15 is 0 Å². The van der Waals surface area contributed by atoms with Crippen LogP contribution in [0.25, 0.3) is 5.69 Å². The number of rotatable bonds is 4. The van der Waals surface area contributed by atoms with Crippen molar-refractivity contribution in [1.82, 2.24) is 24.6 Å². The summed E-state index contributed by atoms with van der Waals surface area (Å²) in [6, 6.07) is 7.77. The molecule has 7 heteroatoms. The number of hydrogen-bond donors (Lipinski definition) is 1. The smallest absolute Gasteiger partial charge is 0.270 e. The number of nitrogens with one attached hydrogen (secondary N) is 1. The monoisotopic (exact) mass is 377 g/mol. The van der Waals surface area contributed by atoms with Crippen LogP contribution in [0.3, 0.4) is 0 Å². The maximum atomic E-state index is 13.1. The summed E-state index contributed by atoms with van der Waals surface area (Å²) in [4.78, 5) is 34.2. The summed E-state index contributed by atoms with van der Waals surface area (Å²) in [6.45, 7) is 3.85. The minimum absolute atomic E-state index is 0.104. The number of amides is 1. The Balaban J connectivity index is 1.56. The van der Waals surface area contributed by atoms with Crippen molar-refractivity contribution in [2.24, 2.45) is 0 Å². The van der Waals surface area contributed by atoms with Gasteiger partial charge in [-0.25, -0.2) is 9.67 Å². The summed E-state index contributed by atoms with van der Waals surface area (Å²) in [5.41, 5.74) is 4.83. The Kier molecular flexibility index (Phi) is 4.58. The first kappa shape index (κ1) is 18.2. The molecular weight excluding hydrogens is 354 g/mol. The summed E-state index contributed by atoms with van der Waals surface area (Å²) in [5, 5.41) is 4.12. The molecule has 0 saturated carbocycles. The van der Waals surface area contributed by atoms with Gasteiger partial charge in [0.15, 0.2) is 5.78 Å². The standard InChI is InChI=1S/C21H23N5O2/c1-13-19-17(5-4-6-18(19)27)24-20(13)21(28)25(3)14(2)15-7-9-16(10-8-15)26-12-22-11-23-26/h7-12,14,24H,4-6H2,1-3H3/t14-/m0/s1. The highest BCUT2D eigenvalue weighted by Gasteiger charge is 2.29. The topological polar surface area (TPSA) is 83.9 Å². The third-order valence-corrected chi connectivity index (χ3v) is 5.61. The maximum Gasteiger partial charge on any atom is 0.270 e. The van der Waals surface area contributed by atoms with Crippen molar-refractivity contribution in [3.8, 4) is 5.69 Å². The number of benzene rings is 1. The molecule has 1 aliphatic rings. The van der Waals surface area contributed by atoms with E-state index in [0.29, 0.717) is 17.7 Å². The Bertz CT molecular complexity index is 1020. The van der Waals surface area contributed by atoms with Crippen LogP contribution in [0.2, 0.25) is 0 Å². The lowest BCUT2D eigenvalue weighted by atomic mass is 9.93. The average molecular weight is 377 g/mol. The summed E-state index contributed by atoms with van der Waals surface area (Å²) in [7, 11) is 1.79. The zero-order valence-electron chi connectivity index (χ0n) is 16.3. The van der Waals surface area contributed by atoms with Crippen LogP contribution in [0.5, 0.6) is 0 Å². The molecule has 0 unspecified atom stereocenters. The number of Topliss-reactive ketones (excluding diaryl/α,β-unsaturated/α-hetero) is 1. The zero-order chi connectivity index (χ0) is 19.8. The van der Waals surface area contributed by atoms with Gasteiger partial charge >= 0.3 is 0 Å². The number of hydrogen-bond acceptors (Lipinski definition) is 4. The highest BCUT2D eigenvalue weighted by atomic mass is 16.2. The molecule has 0 spiro atoms. The van der Waals surface area contributed by atoms with Crippen molar-refractivity contribution in [2.75, 3.05) is 7.05 Å². The number of carbonyl (C=O) groups excluding carboxylic acids is 2. The summed E-state index contributed by atoms with van der Waals surface area (Å²) in [5.74, 6) is 0.0287. The van der Waals surface area contributed by atoms with Gasteiger partial charge in [-0.2, -0.15) is 5.10 Å². The van der Waals surface area contributed by atoms with Crippen LogP contribution >= 0.6 is 0 Å². The molecule has 0 aliphatic heterocycles. The second kappa shape index (κ2) is 7.07. The molecule has 144 valence electrons. The molecule has 3 aromatic rings. The first-order valence-corrected chi connectivity index (χ1v) is 9.44. The van der Waals surface area contributed by atoms with Gasteiger partial charge in [-0.1, -0.05) is 12.1 Å². The predicted octanol–water partition coefficient (Wildman–Crippen LogP) is 3.26. The highest BCUT2D eigenvalue weighted by Crippen LogP contribution is 2.29. The van der Waals surface area contributed by atoms with Crippen LogP contribution in [0.15, 0.2) is 36.9 Å².